The Morgan fingerprint density at radius 1 is 1.17 bits per heavy atom. The second kappa shape index (κ2) is 8.67. The predicted molar refractivity (Wildman–Crippen MR) is 118 cm³/mol. The Morgan fingerprint density at radius 3 is 2.37 bits per heavy atom. The van der Waals surface area contributed by atoms with Gasteiger partial charge in [0, 0.05) is 25.0 Å². The van der Waals surface area contributed by atoms with Gasteiger partial charge in [-0.2, -0.15) is 0 Å². The van der Waals surface area contributed by atoms with Crippen LogP contribution in [0.25, 0.3) is 0 Å². The summed E-state index contributed by atoms with van der Waals surface area (Å²) >= 11 is 0. The van der Waals surface area contributed by atoms with Gasteiger partial charge in [-0.05, 0) is 71.0 Å². The van der Waals surface area contributed by atoms with Crippen LogP contribution in [0.2, 0.25) is 0 Å². The standard InChI is InChI=1S/C24H37N3O3/c1-22(2,30)14-15-25-20(28)17-27-18-23(16-21(27)29)10-12-24(13-11-23,26(3)4)19-8-6-5-7-9-19/h5-9,30H,10-18H2,1-4H3,(H,25,28). The molecule has 0 unspecified atom stereocenters. The molecule has 166 valence electrons. The number of benzene rings is 1. The number of carbonyl (C=O) groups is 2. The van der Waals surface area contributed by atoms with Crippen molar-refractivity contribution in [2.75, 3.05) is 33.7 Å². The SMILES string of the molecule is CN(C)C1(c2ccccc2)CCC2(CC1)CC(=O)N(CC(=O)NCCC(C)(C)O)C2. The summed E-state index contributed by atoms with van der Waals surface area (Å²) in [5.74, 6) is -0.0583. The smallest absolute Gasteiger partial charge is 0.239 e. The molecule has 6 heteroatoms. The summed E-state index contributed by atoms with van der Waals surface area (Å²) in [7, 11) is 4.30. The van der Waals surface area contributed by atoms with Crippen LogP contribution in [0.15, 0.2) is 30.3 Å². The van der Waals surface area contributed by atoms with E-state index in [0.29, 0.717) is 25.9 Å². The van der Waals surface area contributed by atoms with Gasteiger partial charge < -0.3 is 15.3 Å². The molecule has 0 aromatic heterocycles. The maximum Gasteiger partial charge on any atom is 0.239 e. The fourth-order valence-electron chi connectivity index (χ4n) is 5.13. The lowest BCUT2D eigenvalue weighted by Crippen LogP contribution is -2.47. The van der Waals surface area contributed by atoms with Crippen LogP contribution in [0.3, 0.4) is 0 Å². The van der Waals surface area contributed by atoms with Gasteiger partial charge in [0.15, 0.2) is 0 Å². The molecule has 6 nitrogen and oxygen atoms in total. The zero-order valence-electron chi connectivity index (χ0n) is 18.9. The van der Waals surface area contributed by atoms with Crippen molar-refractivity contribution in [2.24, 2.45) is 5.41 Å². The maximum absolute atomic E-state index is 12.7. The van der Waals surface area contributed by atoms with Crippen LogP contribution < -0.4 is 5.32 Å². The molecule has 1 aromatic carbocycles. The summed E-state index contributed by atoms with van der Waals surface area (Å²) in [4.78, 5) is 29.0. The van der Waals surface area contributed by atoms with Crippen LogP contribution in [0, 0.1) is 5.41 Å². The summed E-state index contributed by atoms with van der Waals surface area (Å²) in [6.07, 6.45) is 5.04. The Morgan fingerprint density at radius 2 is 1.80 bits per heavy atom. The van der Waals surface area contributed by atoms with Crippen molar-refractivity contribution in [3.8, 4) is 0 Å². The maximum atomic E-state index is 12.7. The number of nitrogens with one attached hydrogen (secondary N) is 1. The summed E-state index contributed by atoms with van der Waals surface area (Å²) in [5, 5.41) is 12.6. The number of rotatable bonds is 7. The molecule has 1 saturated heterocycles. The van der Waals surface area contributed by atoms with E-state index in [0.717, 1.165) is 25.7 Å². The van der Waals surface area contributed by atoms with Crippen molar-refractivity contribution in [2.45, 2.75) is 63.5 Å². The van der Waals surface area contributed by atoms with Gasteiger partial charge >= 0.3 is 0 Å². The Kier molecular flexibility index (Phi) is 6.58. The molecule has 1 heterocycles. The molecule has 0 bridgehead atoms. The normalized spacial score (nSPS) is 27.1. The Balaban J connectivity index is 1.59. The van der Waals surface area contributed by atoms with Gasteiger partial charge in [-0.3, -0.25) is 14.5 Å². The van der Waals surface area contributed by atoms with Crippen molar-refractivity contribution in [3.63, 3.8) is 0 Å². The molecule has 1 aliphatic carbocycles. The van der Waals surface area contributed by atoms with Crippen LogP contribution in [0.5, 0.6) is 0 Å². The van der Waals surface area contributed by atoms with Crippen LogP contribution in [-0.4, -0.2) is 66.1 Å². The number of hydrogen-bond acceptors (Lipinski definition) is 4. The minimum atomic E-state index is -0.805. The van der Waals surface area contributed by atoms with Crippen molar-refractivity contribution in [3.05, 3.63) is 35.9 Å². The van der Waals surface area contributed by atoms with Crippen molar-refractivity contribution >= 4 is 11.8 Å². The molecule has 2 aliphatic rings. The van der Waals surface area contributed by atoms with Gasteiger partial charge in [0.1, 0.15) is 0 Å². The van der Waals surface area contributed by atoms with Crippen LogP contribution in [0.4, 0.5) is 0 Å². The summed E-state index contributed by atoms with van der Waals surface area (Å²) < 4.78 is 0. The van der Waals surface area contributed by atoms with E-state index in [1.807, 2.05) is 0 Å². The molecular weight excluding hydrogens is 378 g/mol. The van der Waals surface area contributed by atoms with Crippen LogP contribution in [0.1, 0.15) is 57.9 Å². The third kappa shape index (κ3) is 5.03. The second-order valence-corrected chi connectivity index (χ2v) is 10.1. The van der Waals surface area contributed by atoms with Crippen molar-refractivity contribution in [1.29, 1.82) is 0 Å². The highest BCUT2D eigenvalue weighted by Gasteiger charge is 2.50. The fraction of sp³-hybridized carbons (Fsp3) is 0.667. The number of nitrogens with zero attached hydrogens (tertiary/aromatic N) is 2. The monoisotopic (exact) mass is 415 g/mol. The van der Waals surface area contributed by atoms with E-state index in [-0.39, 0.29) is 29.3 Å². The zero-order chi connectivity index (χ0) is 22.0. The van der Waals surface area contributed by atoms with Crippen LogP contribution in [-0.2, 0) is 15.1 Å². The molecule has 3 rings (SSSR count). The first-order valence-corrected chi connectivity index (χ1v) is 11.1. The van der Waals surface area contributed by atoms with E-state index in [1.54, 1.807) is 18.7 Å². The van der Waals surface area contributed by atoms with Gasteiger partial charge in [-0.1, -0.05) is 30.3 Å². The van der Waals surface area contributed by atoms with Gasteiger partial charge in [-0.25, -0.2) is 0 Å². The number of amides is 2. The fourth-order valence-corrected chi connectivity index (χ4v) is 5.13. The molecule has 0 radical (unpaired) electrons. The number of likely N-dealkylation sites (tertiary alicyclic amines) is 1. The quantitative estimate of drug-likeness (QED) is 0.718. The summed E-state index contributed by atoms with van der Waals surface area (Å²) in [6.45, 7) is 4.64. The third-order valence-electron chi connectivity index (χ3n) is 7.10. The van der Waals surface area contributed by atoms with Gasteiger partial charge in [0.2, 0.25) is 11.8 Å². The Bertz CT molecular complexity index is 747. The van der Waals surface area contributed by atoms with E-state index in [1.165, 1.54) is 5.56 Å². The van der Waals surface area contributed by atoms with Crippen LogP contribution >= 0.6 is 0 Å². The molecule has 1 aromatic rings. The number of hydrogen-bond donors (Lipinski definition) is 2. The van der Waals surface area contributed by atoms with Gasteiger partial charge in [-0.15, -0.1) is 0 Å². The van der Waals surface area contributed by atoms with Gasteiger partial charge in [0.05, 0.1) is 12.1 Å². The first-order valence-electron chi connectivity index (χ1n) is 11.1. The van der Waals surface area contributed by atoms with E-state index in [4.69, 9.17) is 0 Å². The van der Waals surface area contributed by atoms with E-state index in [9.17, 15) is 14.7 Å². The predicted octanol–water partition coefficient (Wildman–Crippen LogP) is 2.51. The number of aliphatic hydroxyl groups is 1. The molecule has 30 heavy (non-hydrogen) atoms. The first-order chi connectivity index (χ1) is 14.1. The Labute approximate surface area is 180 Å². The average molecular weight is 416 g/mol. The second-order valence-electron chi connectivity index (χ2n) is 10.1. The molecule has 2 fully saturated rings. The van der Waals surface area contributed by atoms with E-state index in [2.05, 4.69) is 54.6 Å². The highest BCUT2D eigenvalue weighted by molar-refractivity contribution is 5.86. The molecule has 1 aliphatic heterocycles. The molecule has 1 spiro atoms. The minimum absolute atomic E-state index is 0.0114. The minimum Gasteiger partial charge on any atom is -0.390 e. The molecule has 2 amide bonds. The van der Waals surface area contributed by atoms with Crippen molar-refractivity contribution in [1.82, 2.24) is 15.1 Å². The Hall–Kier alpha value is -1.92. The highest BCUT2D eigenvalue weighted by atomic mass is 16.3. The molecule has 0 atom stereocenters. The average Bonchev–Trinajstić information content (AvgIpc) is 2.97. The first kappa shape index (κ1) is 22.8. The highest BCUT2D eigenvalue weighted by Crippen LogP contribution is 2.52. The lowest BCUT2D eigenvalue weighted by molar-refractivity contribution is -0.133. The molecular formula is C24H37N3O3. The van der Waals surface area contributed by atoms with E-state index >= 15 is 0 Å². The summed E-state index contributed by atoms with van der Waals surface area (Å²) in [5.41, 5.74) is 0.536. The zero-order valence-corrected chi connectivity index (χ0v) is 18.9. The molecule has 2 N–H and O–H groups in total. The largest absolute Gasteiger partial charge is 0.390 e. The topological polar surface area (TPSA) is 72.9 Å². The van der Waals surface area contributed by atoms with Gasteiger partial charge in [0.25, 0.3) is 0 Å². The lowest BCUT2D eigenvalue weighted by atomic mass is 9.64. The summed E-state index contributed by atoms with van der Waals surface area (Å²) in [6, 6.07) is 10.7. The van der Waals surface area contributed by atoms with E-state index < -0.39 is 5.60 Å². The lowest BCUT2D eigenvalue weighted by Gasteiger charge is -2.48. The molecule has 1 saturated carbocycles. The third-order valence-corrected chi connectivity index (χ3v) is 7.10. The van der Waals surface area contributed by atoms with Crippen molar-refractivity contribution < 1.29 is 14.7 Å². The number of carbonyl (C=O) groups excluding carboxylic acids is 2.